The zero-order valence-corrected chi connectivity index (χ0v) is 11.4. The quantitative estimate of drug-likeness (QED) is 0.840. The summed E-state index contributed by atoms with van der Waals surface area (Å²) < 4.78 is 11.3. The molecule has 1 aliphatic heterocycles. The highest BCUT2D eigenvalue weighted by Gasteiger charge is 2.18. The molecule has 4 heteroatoms. The SMILES string of the molecule is CNCc1occc1COCC1CCCCN1C. The molecule has 1 saturated heterocycles. The predicted molar refractivity (Wildman–Crippen MR) is 71.4 cm³/mol. The lowest BCUT2D eigenvalue weighted by atomic mass is 10.0. The number of piperidine rings is 1. The molecule has 0 spiro atoms. The fourth-order valence-corrected chi connectivity index (χ4v) is 2.47. The van der Waals surface area contributed by atoms with Crippen LogP contribution in [0.5, 0.6) is 0 Å². The van der Waals surface area contributed by atoms with Gasteiger partial charge in [-0.1, -0.05) is 6.42 Å². The van der Waals surface area contributed by atoms with Gasteiger partial charge in [0.15, 0.2) is 0 Å². The molecule has 0 saturated carbocycles. The Morgan fingerprint density at radius 1 is 1.50 bits per heavy atom. The second-order valence-corrected chi connectivity index (χ2v) is 5.04. The molecule has 18 heavy (non-hydrogen) atoms. The Hall–Kier alpha value is -0.840. The lowest BCUT2D eigenvalue weighted by Gasteiger charge is -2.32. The number of nitrogens with zero attached hydrogens (tertiary/aromatic N) is 1. The molecule has 1 aromatic heterocycles. The smallest absolute Gasteiger partial charge is 0.123 e. The van der Waals surface area contributed by atoms with E-state index in [0.29, 0.717) is 12.6 Å². The van der Waals surface area contributed by atoms with E-state index in [2.05, 4.69) is 17.3 Å². The van der Waals surface area contributed by atoms with E-state index in [9.17, 15) is 0 Å². The zero-order chi connectivity index (χ0) is 12.8. The first-order valence-electron chi connectivity index (χ1n) is 6.79. The van der Waals surface area contributed by atoms with Crippen LogP contribution in [0.2, 0.25) is 0 Å². The number of likely N-dealkylation sites (tertiary alicyclic amines) is 1. The number of furan rings is 1. The van der Waals surface area contributed by atoms with Gasteiger partial charge in [0, 0.05) is 11.6 Å². The van der Waals surface area contributed by atoms with Gasteiger partial charge in [0.1, 0.15) is 5.76 Å². The first-order chi connectivity index (χ1) is 8.81. The van der Waals surface area contributed by atoms with E-state index in [-0.39, 0.29) is 0 Å². The molecule has 0 aliphatic carbocycles. The van der Waals surface area contributed by atoms with Crippen LogP contribution in [0.25, 0.3) is 0 Å². The molecule has 1 unspecified atom stereocenters. The number of hydrogen-bond acceptors (Lipinski definition) is 4. The summed E-state index contributed by atoms with van der Waals surface area (Å²) in [4.78, 5) is 2.41. The average Bonchev–Trinajstić information content (AvgIpc) is 2.80. The number of nitrogens with one attached hydrogen (secondary N) is 1. The zero-order valence-electron chi connectivity index (χ0n) is 11.4. The van der Waals surface area contributed by atoms with E-state index < -0.39 is 0 Å². The van der Waals surface area contributed by atoms with E-state index in [4.69, 9.17) is 9.15 Å². The van der Waals surface area contributed by atoms with Crippen molar-refractivity contribution in [3.63, 3.8) is 0 Å². The molecule has 1 atom stereocenters. The molecule has 0 bridgehead atoms. The topological polar surface area (TPSA) is 37.6 Å². The van der Waals surface area contributed by atoms with Gasteiger partial charge in [-0.2, -0.15) is 0 Å². The monoisotopic (exact) mass is 252 g/mol. The van der Waals surface area contributed by atoms with E-state index in [1.54, 1.807) is 6.26 Å². The van der Waals surface area contributed by atoms with Gasteiger partial charge in [-0.05, 0) is 39.5 Å². The summed E-state index contributed by atoms with van der Waals surface area (Å²) in [7, 11) is 4.11. The molecule has 2 heterocycles. The van der Waals surface area contributed by atoms with Crippen LogP contribution in [0.15, 0.2) is 16.7 Å². The van der Waals surface area contributed by atoms with Crippen molar-refractivity contribution in [2.45, 2.75) is 38.5 Å². The van der Waals surface area contributed by atoms with Gasteiger partial charge in [-0.25, -0.2) is 0 Å². The molecular formula is C14H24N2O2. The molecule has 0 radical (unpaired) electrons. The minimum atomic E-state index is 0.582. The Balaban J connectivity index is 1.75. The van der Waals surface area contributed by atoms with Gasteiger partial charge >= 0.3 is 0 Å². The summed E-state index contributed by atoms with van der Waals surface area (Å²) in [5.74, 6) is 0.981. The standard InChI is InChI=1S/C14H24N2O2/c1-15-9-14-12(6-8-18-14)10-17-11-13-5-3-4-7-16(13)2/h6,8,13,15H,3-5,7,9-11H2,1-2H3. The number of likely N-dealkylation sites (N-methyl/N-ethyl adjacent to an activating group) is 1. The first kappa shape index (κ1) is 13.6. The predicted octanol–water partition coefficient (Wildman–Crippen LogP) is 2.00. The molecule has 1 aliphatic rings. The fraction of sp³-hybridized carbons (Fsp3) is 0.714. The minimum absolute atomic E-state index is 0.582. The summed E-state index contributed by atoms with van der Waals surface area (Å²) in [6, 6.07) is 2.58. The maximum Gasteiger partial charge on any atom is 0.123 e. The van der Waals surface area contributed by atoms with Crippen LogP contribution < -0.4 is 5.32 Å². The summed E-state index contributed by atoms with van der Waals surface area (Å²) in [6.45, 7) is 3.43. The fourth-order valence-electron chi connectivity index (χ4n) is 2.47. The van der Waals surface area contributed by atoms with Crippen molar-refractivity contribution in [1.82, 2.24) is 10.2 Å². The van der Waals surface area contributed by atoms with Crippen LogP contribution in [0.3, 0.4) is 0 Å². The molecule has 1 fully saturated rings. The van der Waals surface area contributed by atoms with Crippen LogP contribution >= 0.6 is 0 Å². The molecule has 102 valence electrons. The van der Waals surface area contributed by atoms with Crippen molar-refractivity contribution >= 4 is 0 Å². The molecule has 1 aromatic rings. The summed E-state index contributed by atoms with van der Waals surface area (Å²) in [5, 5.41) is 3.10. The highest BCUT2D eigenvalue weighted by molar-refractivity contribution is 5.15. The van der Waals surface area contributed by atoms with E-state index in [1.807, 2.05) is 13.1 Å². The van der Waals surface area contributed by atoms with Crippen molar-refractivity contribution in [2.24, 2.45) is 0 Å². The third-order valence-corrected chi connectivity index (χ3v) is 3.66. The Kier molecular flexibility index (Phi) is 5.23. The normalized spacial score (nSPS) is 21.3. The number of hydrogen-bond donors (Lipinski definition) is 1. The Labute approximate surface area is 109 Å². The van der Waals surface area contributed by atoms with Gasteiger partial charge in [0.05, 0.1) is 26.0 Å². The molecule has 0 aromatic carbocycles. The van der Waals surface area contributed by atoms with Crippen molar-refractivity contribution in [3.05, 3.63) is 23.7 Å². The number of rotatable bonds is 6. The average molecular weight is 252 g/mol. The van der Waals surface area contributed by atoms with Crippen molar-refractivity contribution in [3.8, 4) is 0 Å². The van der Waals surface area contributed by atoms with Crippen LogP contribution in [0.1, 0.15) is 30.6 Å². The second kappa shape index (κ2) is 6.92. The van der Waals surface area contributed by atoms with Crippen molar-refractivity contribution < 1.29 is 9.15 Å². The van der Waals surface area contributed by atoms with Gasteiger partial charge in [0.25, 0.3) is 0 Å². The molecular weight excluding hydrogens is 228 g/mol. The Bertz CT molecular complexity index is 351. The van der Waals surface area contributed by atoms with E-state index in [1.165, 1.54) is 25.8 Å². The lowest BCUT2D eigenvalue weighted by Crippen LogP contribution is -2.39. The Morgan fingerprint density at radius 2 is 2.39 bits per heavy atom. The van der Waals surface area contributed by atoms with Gasteiger partial charge in [0.2, 0.25) is 0 Å². The summed E-state index contributed by atoms with van der Waals surface area (Å²) in [6.07, 6.45) is 5.64. The van der Waals surface area contributed by atoms with Gasteiger partial charge in [-0.15, -0.1) is 0 Å². The lowest BCUT2D eigenvalue weighted by molar-refractivity contribution is 0.0438. The summed E-state index contributed by atoms with van der Waals surface area (Å²) >= 11 is 0. The third-order valence-electron chi connectivity index (χ3n) is 3.66. The highest BCUT2D eigenvalue weighted by atomic mass is 16.5. The largest absolute Gasteiger partial charge is 0.468 e. The molecule has 4 nitrogen and oxygen atoms in total. The maximum absolute atomic E-state index is 5.85. The van der Waals surface area contributed by atoms with Crippen molar-refractivity contribution in [1.29, 1.82) is 0 Å². The van der Waals surface area contributed by atoms with Crippen LogP contribution in [-0.2, 0) is 17.9 Å². The van der Waals surface area contributed by atoms with E-state index >= 15 is 0 Å². The van der Waals surface area contributed by atoms with Crippen LogP contribution in [0.4, 0.5) is 0 Å². The van der Waals surface area contributed by atoms with E-state index in [0.717, 1.165) is 24.5 Å². The third kappa shape index (κ3) is 3.57. The first-order valence-corrected chi connectivity index (χ1v) is 6.79. The van der Waals surface area contributed by atoms with Gasteiger partial charge in [-0.3, -0.25) is 0 Å². The van der Waals surface area contributed by atoms with Crippen molar-refractivity contribution in [2.75, 3.05) is 27.2 Å². The number of ether oxygens (including phenoxy) is 1. The highest BCUT2D eigenvalue weighted by Crippen LogP contribution is 2.17. The summed E-state index contributed by atoms with van der Waals surface area (Å²) in [5.41, 5.74) is 1.16. The molecule has 0 amide bonds. The second-order valence-electron chi connectivity index (χ2n) is 5.04. The Morgan fingerprint density at radius 3 is 3.17 bits per heavy atom. The van der Waals surface area contributed by atoms with Crippen LogP contribution in [-0.4, -0.2) is 38.2 Å². The van der Waals surface area contributed by atoms with Gasteiger partial charge < -0.3 is 19.4 Å². The van der Waals surface area contributed by atoms with Crippen LogP contribution in [0, 0.1) is 0 Å². The minimum Gasteiger partial charge on any atom is -0.468 e. The molecule has 2 rings (SSSR count). The maximum atomic E-state index is 5.85. The molecule has 1 N–H and O–H groups in total.